The van der Waals surface area contributed by atoms with Gasteiger partial charge < -0.3 is 29.5 Å². The summed E-state index contributed by atoms with van der Waals surface area (Å²) in [6, 6.07) is 5.00. The standard InChI is InChI=1S/C14H17NO9/c1-7(16)22-6-10-11(17)12(18)13(19)14(24-10)23-9-4-2-8(3-5-9)15(20)21/h2-5,10-14,17-19H,6H2,1H3/t10-,11+,12+,13-,14-/m1/s1. The van der Waals surface area contributed by atoms with Crippen LogP contribution in [0.4, 0.5) is 5.69 Å². The highest BCUT2D eigenvalue weighted by molar-refractivity contribution is 5.65. The number of ether oxygens (including phenoxy) is 3. The molecular weight excluding hydrogens is 326 g/mol. The molecule has 1 aliphatic heterocycles. The average Bonchev–Trinajstić information content (AvgIpc) is 2.54. The van der Waals surface area contributed by atoms with Crippen molar-refractivity contribution in [3.05, 3.63) is 34.4 Å². The Kier molecular flexibility index (Phi) is 5.67. The molecule has 0 spiro atoms. The highest BCUT2D eigenvalue weighted by atomic mass is 16.7. The quantitative estimate of drug-likeness (QED) is 0.360. The monoisotopic (exact) mass is 343 g/mol. The second-order valence-electron chi connectivity index (χ2n) is 5.19. The van der Waals surface area contributed by atoms with Gasteiger partial charge >= 0.3 is 5.97 Å². The molecule has 24 heavy (non-hydrogen) atoms. The summed E-state index contributed by atoms with van der Waals surface area (Å²) >= 11 is 0. The number of non-ortho nitro benzene ring substituents is 1. The summed E-state index contributed by atoms with van der Waals surface area (Å²) < 4.78 is 15.4. The number of carbonyl (C=O) groups excluding carboxylic acids is 1. The average molecular weight is 343 g/mol. The number of rotatable bonds is 5. The first-order chi connectivity index (χ1) is 11.3. The number of hydrogen-bond acceptors (Lipinski definition) is 9. The van der Waals surface area contributed by atoms with Gasteiger partial charge in [0.25, 0.3) is 5.69 Å². The van der Waals surface area contributed by atoms with E-state index in [4.69, 9.17) is 14.2 Å². The van der Waals surface area contributed by atoms with E-state index in [-0.39, 0.29) is 18.0 Å². The zero-order valence-corrected chi connectivity index (χ0v) is 12.6. The van der Waals surface area contributed by atoms with Gasteiger partial charge in [0, 0.05) is 19.1 Å². The second kappa shape index (κ2) is 7.53. The largest absolute Gasteiger partial charge is 0.463 e. The normalized spacial score (nSPS) is 29.8. The molecule has 10 nitrogen and oxygen atoms in total. The molecule has 1 saturated heterocycles. The van der Waals surface area contributed by atoms with Gasteiger partial charge in [-0.05, 0) is 12.1 Å². The van der Waals surface area contributed by atoms with Crippen LogP contribution < -0.4 is 4.74 Å². The predicted molar refractivity (Wildman–Crippen MR) is 77.0 cm³/mol. The van der Waals surface area contributed by atoms with Crippen LogP contribution in [0.15, 0.2) is 24.3 Å². The van der Waals surface area contributed by atoms with Crippen LogP contribution in [-0.4, -0.2) is 63.5 Å². The van der Waals surface area contributed by atoms with Crippen LogP contribution in [0.3, 0.4) is 0 Å². The van der Waals surface area contributed by atoms with E-state index < -0.39 is 41.6 Å². The lowest BCUT2D eigenvalue weighted by molar-refractivity contribution is -0.384. The molecule has 1 aromatic carbocycles. The fraction of sp³-hybridized carbons (Fsp3) is 0.500. The van der Waals surface area contributed by atoms with Crippen LogP contribution in [0.1, 0.15) is 6.92 Å². The molecule has 0 amide bonds. The summed E-state index contributed by atoms with van der Waals surface area (Å²) in [5, 5.41) is 40.2. The Labute approximate surface area is 136 Å². The predicted octanol–water partition coefficient (Wildman–Crippen LogP) is -0.656. The van der Waals surface area contributed by atoms with Crippen molar-refractivity contribution < 1.29 is 39.2 Å². The first-order valence-electron chi connectivity index (χ1n) is 7.03. The number of nitrogens with zero attached hydrogens (tertiary/aromatic N) is 1. The lowest BCUT2D eigenvalue weighted by Gasteiger charge is -2.39. The van der Waals surface area contributed by atoms with Crippen molar-refractivity contribution in [2.24, 2.45) is 0 Å². The maximum Gasteiger partial charge on any atom is 0.302 e. The molecule has 5 atom stereocenters. The van der Waals surface area contributed by atoms with E-state index in [1.165, 1.54) is 31.2 Å². The fourth-order valence-electron chi connectivity index (χ4n) is 2.13. The lowest BCUT2D eigenvalue weighted by atomic mass is 9.99. The summed E-state index contributed by atoms with van der Waals surface area (Å²) in [7, 11) is 0. The van der Waals surface area contributed by atoms with Crippen LogP contribution in [-0.2, 0) is 14.3 Å². The first-order valence-corrected chi connectivity index (χ1v) is 7.03. The Morgan fingerprint density at radius 2 is 1.83 bits per heavy atom. The number of carbonyl (C=O) groups is 1. The molecule has 0 aromatic heterocycles. The van der Waals surface area contributed by atoms with Gasteiger partial charge in [-0.3, -0.25) is 14.9 Å². The Balaban J connectivity index is 2.06. The van der Waals surface area contributed by atoms with E-state index in [9.17, 15) is 30.2 Å². The van der Waals surface area contributed by atoms with E-state index in [2.05, 4.69) is 0 Å². The molecule has 0 aliphatic carbocycles. The van der Waals surface area contributed by atoms with Gasteiger partial charge in [-0.1, -0.05) is 0 Å². The number of nitro groups is 1. The number of benzene rings is 1. The van der Waals surface area contributed by atoms with Crippen molar-refractivity contribution in [1.82, 2.24) is 0 Å². The SMILES string of the molecule is CC(=O)OC[C@H]1O[C@@H](Oc2ccc([N+](=O)[O-])cc2)[C@H](O)[C@@H](O)[C@H]1O. The highest BCUT2D eigenvalue weighted by Gasteiger charge is 2.45. The van der Waals surface area contributed by atoms with E-state index in [0.29, 0.717) is 0 Å². The van der Waals surface area contributed by atoms with Gasteiger partial charge in [-0.25, -0.2) is 0 Å². The van der Waals surface area contributed by atoms with Crippen molar-refractivity contribution in [3.63, 3.8) is 0 Å². The number of aliphatic hydroxyl groups excluding tert-OH is 3. The fourth-order valence-corrected chi connectivity index (χ4v) is 2.13. The zero-order chi connectivity index (χ0) is 17.9. The summed E-state index contributed by atoms with van der Waals surface area (Å²) in [5.41, 5.74) is -0.143. The minimum absolute atomic E-state index is 0.143. The molecule has 2 rings (SSSR count). The summed E-state index contributed by atoms with van der Waals surface area (Å²) in [6.07, 6.45) is -7.08. The molecule has 132 valence electrons. The van der Waals surface area contributed by atoms with Gasteiger partial charge in [0.2, 0.25) is 6.29 Å². The van der Waals surface area contributed by atoms with Crippen molar-refractivity contribution in [2.75, 3.05) is 6.61 Å². The zero-order valence-electron chi connectivity index (χ0n) is 12.6. The van der Waals surface area contributed by atoms with E-state index in [0.717, 1.165) is 0 Å². The number of hydrogen-bond donors (Lipinski definition) is 3. The van der Waals surface area contributed by atoms with Gasteiger partial charge in [-0.15, -0.1) is 0 Å². The molecule has 1 fully saturated rings. The second-order valence-corrected chi connectivity index (χ2v) is 5.19. The third-order valence-corrected chi connectivity index (χ3v) is 3.42. The molecule has 1 aliphatic rings. The Morgan fingerprint density at radius 1 is 1.21 bits per heavy atom. The Hall–Kier alpha value is -2.27. The molecule has 0 radical (unpaired) electrons. The van der Waals surface area contributed by atoms with Crippen molar-refractivity contribution in [3.8, 4) is 5.75 Å². The summed E-state index contributed by atoms with van der Waals surface area (Å²) in [4.78, 5) is 20.9. The maximum atomic E-state index is 10.8. The van der Waals surface area contributed by atoms with Crippen molar-refractivity contribution in [2.45, 2.75) is 37.6 Å². The lowest BCUT2D eigenvalue weighted by Crippen LogP contribution is -2.60. The van der Waals surface area contributed by atoms with Crippen LogP contribution in [0, 0.1) is 10.1 Å². The van der Waals surface area contributed by atoms with Crippen molar-refractivity contribution >= 4 is 11.7 Å². The molecule has 1 heterocycles. The molecule has 0 bridgehead atoms. The first kappa shape index (κ1) is 18.1. The molecular formula is C14H17NO9. The molecule has 1 aromatic rings. The van der Waals surface area contributed by atoms with Gasteiger partial charge in [0.1, 0.15) is 36.8 Å². The van der Waals surface area contributed by atoms with Crippen molar-refractivity contribution in [1.29, 1.82) is 0 Å². The van der Waals surface area contributed by atoms with Crippen LogP contribution in [0.5, 0.6) is 5.75 Å². The molecule has 3 N–H and O–H groups in total. The molecule has 10 heteroatoms. The molecule has 0 saturated carbocycles. The van der Waals surface area contributed by atoms with E-state index >= 15 is 0 Å². The topological polar surface area (TPSA) is 149 Å². The van der Waals surface area contributed by atoms with E-state index in [1.807, 2.05) is 0 Å². The Morgan fingerprint density at radius 3 is 2.38 bits per heavy atom. The third kappa shape index (κ3) is 4.17. The summed E-state index contributed by atoms with van der Waals surface area (Å²) in [6.45, 7) is 0.839. The van der Waals surface area contributed by atoms with Crippen LogP contribution in [0.25, 0.3) is 0 Å². The number of esters is 1. The maximum absolute atomic E-state index is 10.8. The molecule has 0 unspecified atom stereocenters. The highest BCUT2D eigenvalue weighted by Crippen LogP contribution is 2.25. The number of aliphatic hydroxyl groups is 3. The van der Waals surface area contributed by atoms with Gasteiger partial charge in [-0.2, -0.15) is 0 Å². The number of nitro benzene ring substituents is 1. The minimum atomic E-state index is -1.58. The van der Waals surface area contributed by atoms with Crippen LogP contribution in [0.2, 0.25) is 0 Å². The Bertz CT molecular complexity index is 590. The van der Waals surface area contributed by atoms with Crippen LogP contribution >= 0.6 is 0 Å². The summed E-state index contributed by atoms with van der Waals surface area (Å²) in [5.74, 6) is -0.446. The van der Waals surface area contributed by atoms with Gasteiger partial charge in [0.15, 0.2) is 0 Å². The van der Waals surface area contributed by atoms with Gasteiger partial charge in [0.05, 0.1) is 4.92 Å². The van der Waals surface area contributed by atoms with E-state index in [1.54, 1.807) is 0 Å². The minimum Gasteiger partial charge on any atom is -0.463 e. The third-order valence-electron chi connectivity index (χ3n) is 3.42. The smallest absolute Gasteiger partial charge is 0.302 e.